The van der Waals surface area contributed by atoms with E-state index in [1.54, 1.807) is 12.3 Å². The Labute approximate surface area is 159 Å². The molecular formula is C22H23N3O2. The first kappa shape index (κ1) is 18.5. The molecule has 0 radical (unpaired) electrons. The number of hydrogen-bond donors (Lipinski definition) is 2. The van der Waals surface area contributed by atoms with Gasteiger partial charge in [0.1, 0.15) is 11.6 Å². The van der Waals surface area contributed by atoms with Crippen LogP contribution in [0.1, 0.15) is 16.7 Å². The second-order valence-corrected chi connectivity index (χ2v) is 6.51. The molecule has 1 heterocycles. The van der Waals surface area contributed by atoms with E-state index in [2.05, 4.69) is 41.6 Å². The van der Waals surface area contributed by atoms with Crippen LogP contribution in [0, 0.1) is 20.8 Å². The maximum Gasteiger partial charge on any atom is 0.263 e. The predicted octanol–water partition coefficient (Wildman–Crippen LogP) is 4.77. The number of pyridine rings is 1. The number of nitrogens with one attached hydrogen (secondary N) is 2. The van der Waals surface area contributed by atoms with Crippen LogP contribution in [0.5, 0.6) is 5.75 Å². The van der Waals surface area contributed by atoms with E-state index in [1.165, 1.54) is 11.1 Å². The molecule has 0 atom stereocenters. The molecule has 0 spiro atoms. The van der Waals surface area contributed by atoms with Crippen molar-refractivity contribution in [2.45, 2.75) is 20.8 Å². The largest absolute Gasteiger partial charge is 0.484 e. The van der Waals surface area contributed by atoms with Crippen LogP contribution in [-0.4, -0.2) is 17.5 Å². The van der Waals surface area contributed by atoms with Crippen molar-refractivity contribution in [3.63, 3.8) is 0 Å². The molecule has 2 N–H and O–H groups in total. The number of aryl methyl sites for hydroxylation is 3. The van der Waals surface area contributed by atoms with Crippen LogP contribution in [0.25, 0.3) is 0 Å². The minimum atomic E-state index is -0.252. The molecule has 0 fully saturated rings. The van der Waals surface area contributed by atoms with Crippen LogP contribution in [0.4, 0.5) is 17.2 Å². The van der Waals surface area contributed by atoms with Crippen molar-refractivity contribution < 1.29 is 9.53 Å². The predicted molar refractivity (Wildman–Crippen MR) is 109 cm³/mol. The zero-order valence-corrected chi connectivity index (χ0v) is 15.7. The fourth-order valence-electron chi connectivity index (χ4n) is 2.49. The number of hydrogen-bond acceptors (Lipinski definition) is 4. The Kier molecular flexibility index (Phi) is 5.71. The summed E-state index contributed by atoms with van der Waals surface area (Å²) in [7, 11) is 0. The molecule has 3 aromatic rings. The normalized spacial score (nSPS) is 10.3. The van der Waals surface area contributed by atoms with Gasteiger partial charge in [-0.2, -0.15) is 0 Å². The summed E-state index contributed by atoms with van der Waals surface area (Å²) in [4.78, 5) is 16.3. The third-order valence-electron chi connectivity index (χ3n) is 4.22. The average Bonchev–Trinajstić information content (AvgIpc) is 2.66. The van der Waals surface area contributed by atoms with Gasteiger partial charge < -0.3 is 15.4 Å². The molecule has 1 aromatic heterocycles. The molecule has 0 saturated heterocycles. The van der Waals surface area contributed by atoms with Crippen molar-refractivity contribution >= 4 is 23.1 Å². The molecule has 5 nitrogen and oxygen atoms in total. The van der Waals surface area contributed by atoms with E-state index in [1.807, 2.05) is 43.3 Å². The van der Waals surface area contributed by atoms with Gasteiger partial charge in [0.2, 0.25) is 0 Å². The molecule has 0 bridgehead atoms. The Bertz CT molecular complexity index is 919. The van der Waals surface area contributed by atoms with E-state index in [-0.39, 0.29) is 12.5 Å². The van der Waals surface area contributed by atoms with Crippen molar-refractivity contribution in [2.75, 3.05) is 17.2 Å². The van der Waals surface area contributed by atoms with E-state index >= 15 is 0 Å². The number of benzene rings is 2. The summed E-state index contributed by atoms with van der Waals surface area (Å²) in [5, 5.41) is 6.03. The number of rotatable bonds is 6. The van der Waals surface area contributed by atoms with Gasteiger partial charge in [0.25, 0.3) is 5.91 Å². The summed E-state index contributed by atoms with van der Waals surface area (Å²) < 4.78 is 5.47. The monoisotopic (exact) mass is 361 g/mol. The number of nitrogens with zero attached hydrogens (tertiary/aromatic N) is 1. The number of aromatic nitrogens is 1. The Morgan fingerprint density at radius 1 is 0.926 bits per heavy atom. The van der Waals surface area contributed by atoms with E-state index in [4.69, 9.17) is 4.74 Å². The molecule has 1 amide bonds. The first-order valence-electron chi connectivity index (χ1n) is 8.79. The van der Waals surface area contributed by atoms with Crippen molar-refractivity contribution in [1.29, 1.82) is 0 Å². The van der Waals surface area contributed by atoms with E-state index in [0.717, 1.165) is 16.9 Å². The summed E-state index contributed by atoms with van der Waals surface area (Å²) in [6, 6.07) is 17.4. The lowest BCUT2D eigenvalue weighted by Crippen LogP contribution is -2.20. The van der Waals surface area contributed by atoms with Crippen LogP contribution in [0.15, 0.2) is 60.8 Å². The molecule has 0 saturated carbocycles. The fourth-order valence-corrected chi connectivity index (χ4v) is 2.49. The highest BCUT2D eigenvalue weighted by atomic mass is 16.5. The van der Waals surface area contributed by atoms with E-state index < -0.39 is 0 Å². The summed E-state index contributed by atoms with van der Waals surface area (Å²) >= 11 is 0. The van der Waals surface area contributed by atoms with E-state index in [9.17, 15) is 4.79 Å². The zero-order valence-electron chi connectivity index (χ0n) is 15.7. The van der Waals surface area contributed by atoms with E-state index in [0.29, 0.717) is 11.6 Å². The van der Waals surface area contributed by atoms with Gasteiger partial charge in [-0.15, -0.1) is 0 Å². The van der Waals surface area contributed by atoms with Gasteiger partial charge in [-0.25, -0.2) is 4.98 Å². The lowest BCUT2D eigenvalue weighted by atomic mass is 10.1. The van der Waals surface area contributed by atoms with Crippen molar-refractivity contribution in [2.24, 2.45) is 0 Å². The average molecular weight is 361 g/mol. The zero-order chi connectivity index (χ0) is 19.2. The highest BCUT2D eigenvalue weighted by molar-refractivity contribution is 5.91. The topological polar surface area (TPSA) is 63.2 Å². The summed E-state index contributed by atoms with van der Waals surface area (Å²) in [5.74, 6) is 0.896. The molecule has 138 valence electrons. The Morgan fingerprint density at radius 2 is 1.67 bits per heavy atom. The number of ether oxygens (including phenoxy) is 1. The standard InChI is InChI=1S/C22H23N3O2/c1-15-4-9-20(10-5-15)27-14-22(26)25-21-11-8-19(13-23-21)24-18-7-6-16(2)17(3)12-18/h4-13,24H,14H2,1-3H3,(H,23,25,26). The van der Waals surface area contributed by atoms with Crippen molar-refractivity contribution in [3.05, 3.63) is 77.5 Å². The van der Waals surface area contributed by atoms with Crippen LogP contribution in [0.2, 0.25) is 0 Å². The summed E-state index contributed by atoms with van der Waals surface area (Å²) in [5.41, 5.74) is 5.48. The molecule has 0 unspecified atom stereocenters. The molecule has 0 aliphatic heterocycles. The lowest BCUT2D eigenvalue weighted by Gasteiger charge is -2.10. The van der Waals surface area contributed by atoms with Gasteiger partial charge in [-0.3, -0.25) is 4.79 Å². The minimum absolute atomic E-state index is 0.0621. The van der Waals surface area contributed by atoms with Crippen LogP contribution in [0.3, 0.4) is 0 Å². The van der Waals surface area contributed by atoms with Gasteiger partial charge >= 0.3 is 0 Å². The second kappa shape index (κ2) is 8.36. The summed E-state index contributed by atoms with van der Waals surface area (Å²) in [6.07, 6.45) is 1.69. The first-order valence-corrected chi connectivity index (χ1v) is 8.79. The lowest BCUT2D eigenvalue weighted by molar-refractivity contribution is -0.118. The SMILES string of the molecule is Cc1ccc(OCC(=O)Nc2ccc(Nc3ccc(C)c(C)c3)cn2)cc1. The van der Waals surface area contributed by atoms with Gasteiger partial charge in [0.15, 0.2) is 6.61 Å². The number of carbonyl (C=O) groups excluding carboxylic acids is 1. The van der Waals surface area contributed by atoms with Crippen LogP contribution < -0.4 is 15.4 Å². The second-order valence-electron chi connectivity index (χ2n) is 6.51. The summed E-state index contributed by atoms with van der Waals surface area (Å²) in [6.45, 7) is 6.10. The fraction of sp³-hybridized carbons (Fsp3) is 0.182. The third kappa shape index (κ3) is 5.31. The van der Waals surface area contributed by atoms with Gasteiger partial charge in [0, 0.05) is 5.69 Å². The molecule has 3 rings (SSSR count). The van der Waals surface area contributed by atoms with Gasteiger partial charge in [0.05, 0.1) is 11.9 Å². The van der Waals surface area contributed by atoms with Crippen LogP contribution >= 0.6 is 0 Å². The Balaban J connectivity index is 1.52. The smallest absolute Gasteiger partial charge is 0.263 e. The number of amides is 1. The number of anilines is 3. The Morgan fingerprint density at radius 3 is 2.33 bits per heavy atom. The molecular weight excluding hydrogens is 338 g/mol. The molecule has 5 heteroatoms. The first-order chi connectivity index (χ1) is 13.0. The highest BCUT2D eigenvalue weighted by Gasteiger charge is 2.05. The maximum atomic E-state index is 12.0. The minimum Gasteiger partial charge on any atom is -0.484 e. The molecule has 0 aliphatic rings. The quantitative estimate of drug-likeness (QED) is 0.664. The van der Waals surface area contributed by atoms with Crippen LogP contribution in [-0.2, 0) is 4.79 Å². The number of carbonyl (C=O) groups is 1. The Hall–Kier alpha value is -3.34. The highest BCUT2D eigenvalue weighted by Crippen LogP contribution is 2.20. The van der Waals surface area contributed by atoms with Crippen molar-refractivity contribution in [3.8, 4) is 5.75 Å². The maximum absolute atomic E-state index is 12.0. The molecule has 2 aromatic carbocycles. The van der Waals surface area contributed by atoms with Gasteiger partial charge in [-0.1, -0.05) is 23.8 Å². The third-order valence-corrected chi connectivity index (χ3v) is 4.22. The molecule has 27 heavy (non-hydrogen) atoms. The molecule has 0 aliphatic carbocycles. The van der Waals surface area contributed by atoms with Gasteiger partial charge in [-0.05, 0) is 68.3 Å². The van der Waals surface area contributed by atoms with Crippen molar-refractivity contribution in [1.82, 2.24) is 4.98 Å².